The molecule has 0 radical (unpaired) electrons. The van der Waals surface area contributed by atoms with Crippen LogP contribution in [0.4, 0.5) is 14.6 Å². The summed E-state index contributed by atoms with van der Waals surface area (Å²) >= 11 is 0. The van der Waals surface area contributed by atoms with Crippen LogP contribution in [-0.4, -0.2) is 39.5 Å². The molecule has 3 rings (SSSR count). The molecule has 1 fully saturated rings. The first-order valence-electron chi connectivity index (χ1n) is 10.4. The largest absolute Gasteiger partial charge is 0.388 e. The number of rotatable bonds is 9. The van der Waals surface area contributed by atoms with E-state index in [0.717, 1.165) is 0 Å². The molecule has 0 bridgehead atoms. The van der Waals surface area contributed by atoms with Crippen molar-refractivity contribution in [3.63, 3.8) is 0 Å². The Kier molecular flexibility index (Phi) is 7.03. The van der Waals surface area contributed by atoms with Crippen molar-refractivity contribution < 1.29 is 18.7 Å². The number of nitrogens with one attached hydrogen (secondary N) is 1. The van der Waals surface area contributed by atoms with Crippen molar-refractivity contribution in [1.29, 1.82) is 0 Å². The third-order valence-electron chi connectivity index (χ3n) is 5.65. The average molecular weight is 443 g/mol. The van der Waals surface area contributed by atoms with Gasteiger partial charge in [-0.25, -0.2) is 9.37 Å². The molecule has 8 heteroatoms. The van der Waals surface area contributed by atoms with Gasteiger partial charge in [0, 0.05) is 30.3 Å². The normalized spacial score (nSPS) is 19.0. The number of allylic oxidation sites excluding steroid dienone is 2. The maximum absolute atomic E-state index is 13.1. The monoisotopic (exact) mass is 443 g/mol. The van der Waals surface area contributed by atoms with Gasteiger partial charge in [0.15, 0.2) is 0 Å². The third kappa shape index (κ3) is 5.02. The molecule has 32 heavy (non-hydrogen) atoms. The van der Waals surface area contributed by atoms with Gasteiger partial charge in [0.25, 0.3) is 5.56 Å². The molecule has 170 valence electrons. The lowest BCUT2D eigenvalue weighted by molar-refractivity contribution is -0.117. The van der Waals surface area contributed by atoms with E-state index in [-0.39, 0.29) is 30.6 Å². The van der Waals surface area contributed by atoms with Gasteiger partial charge in [0.2, 0.25) is 5.91 Å². The van der Waals surface area contributed by atoms with E-state index in [1.54, 1.807) is 32.2 Å². The number of anilines is 1. The highest BCUT2D eigenvalue weighted by molar-refractivity contribution is 5.96. The Morgan fingerprint density at radius 3 is 2.75 bits per heavy atom. The van der Waals surface area contributed by atoms with E-state index in [4.69, 9.17) is 0 Å². The van der Waals surface area contributed by atoms with Gasteiger partial charge in [0.05, 0.1) is 24.2 Å². The molecule has 1 aliphatic carbocycles. The summed E-state index contributed by atoms with van der Waals surface area (Å²) in [5.74, 6) is -0.811. The minimum Gasteiger partial charge on any atom is -0.388 e. The molecule has 0 aromatic carbocycles. The predicted octanol–water partition coefficient (Wildman–Crippen LogP) is 3.86. The Labute approximate surface area is 185 Å². The van der Waals surface area contributed by atoms with Gasteiger partial charge < -0.3 is 15.0 Å². The van der Waals surface area contributed by atoms with Crippen LogP contribution in [0, 0.1) is 5.92 Å². The van der Waals surface area contributed by atoms with E-state index in [1.807, 2.05) is 0 Å². The number of aryl methyl sites for hydroxylation is 1. The fourth-order valence-corrected chi connectivity index (χ4v) is 3.43. The number of hydrogen-bond donors (Lipinski definition) is 2. The second kappa shape index (κ2) is 9.56. The predicted molar refractivity (Wildman–Crippen MR) is 122 cm³/mol. The molecule has 1 amide bonds. The van der Waals surface area contributed by atoms with Crippen molar-refractivity contribution in [3.05, 3.63) is 64.6 Å². The van der Waals surface area contributed by atoms with Gasteiger partial charge in [-0.3, -0.25) is 14.0 Å². The lowest BCUT2D eigenvalue weighted by Crippen LogP contribution is -2.22. The molecule has 1 saturated carbocycles. The number of carbonyl (C=O) groups excluding carboxylic acids is 1. The summed E-state index contributed by atoms with van der Waals surface area (Å²) in [4.78, 5) is 29.2. The molecule has 2 aromatic heterocycles. The molecular weight excluding hydrogens is 416 g/mol. The quantitative estimate of drug-likeness (QED) is 0.577. The Bertz CT molecular complexity index is 1170. The fraction of sp³-hybridized carbons (Fsp3) is 0.375. The minimum atomic E-state index is -1.11. The number of fused-ring (bicyclic) bond motifs is 1. The minimum absolute atomic E-state index is 0.218. The number of aliphatic hydroxyl groups excluding tert-OH is 1. The van der Waals surface area contributed by atoms with Crippen molar-refractivity contribution in [1.82, 2.24) is 9.55 Å². The van der Waals surface area contributed by atoms with Crippen LogP contribution >= 0.6 is 0 Å². The van der Waals surface area contributed by atoms with E-state index in [1.165, 1.54) is 10.8 Å². The first-order chi connectivity index (χ1) is 15.1. The van der Waals surface area contributed by atoms with E-state index < -0.39 is 30.8 Å². The molecule has 2 N–H and O–H groups in total. The SMILES string of the molecule is C=C(/C(C)=C\C(=C)C(O)CCCF)c1cc2cnc(NC(=O)C3CC3F)cc2n(C)c1=O. The zero-order valence-electron chi connectivity index (χ0n) is 18.2. The topological polar surface area (TPSA) is 84.2 Å². The molecular formula is C24H27F2N3O3. The number of hydrogen-bond acceptors (Lipinski definition) is 4. The highest BCUT2D eigenvalue weighted by atomic mass is 19.1. The highest BCUT2D eigenvalue weighted by Gasteiger charge is 2.43. The van der Waals surface area contributed by atoms with Crippen LogP contribution in [-0.2, 0) is 11.8 Å². The fourth-order valence-electron chi connectivity index (χ4n) is 3.43. The number of halogens is 2. The van der Waals surface area contributed by atoms with E-state index in [2.05, 4.69) is 23.5 Å². The standard InChI is InChI=1S/C24H27F2N3O3/c1-13(8-14(2)21(30)6-5-7-25)15(3)17-9-16-12-27-22(11-20(16)29(4)24(17)32)28-23(31)18-10-19(18)26/h8-9,11-12,18-19,21,30H,2-3,5-7,10H2,1,4H3,(H,27,28,31)/b13-8-. The Balaban J connectivity index is 1.86. The summed E-state index contributed by atoms with van der Waals surface area (Å²) in [5, 5.41) is 13.3. The maximum atomic E-state index is 13.1. The molecule has 3 unspecified atom stereocenters. The second-order valence-electron chi connectivity index (χ2n) is 8.13. The summed E-state index contributed by atoms with van der Waals surface area (Å²) in [6, 6.07) is 3.24. The smallest absolute Gasteiger partial charge is 0.258 e. The molecule has 1 aliphatic rings. The van der Waals surface area contributed by atoms with E-state index in [9.17, 15) is 23.5 Å². The van der Waals surface area contributed by atoms with Crippen LogP contribution < -0.4 is 10.9 Å². The first kappa shape index (κ1) is 23.5. The van der Waals surface area contributed by atoms with Crippen molar-refractivity contribution in [2.75, 3.05) is 12.0 Å². The number of nitrogens with zero attached hydrogens (tertiary/aromatic N) is 2. The van der Waals surface area contributed by atoms with Crippen LogP contribution in [0.2, 0.25) is 0 Å². The second-order valence-corrected chi connectivity index (χ2v) is 8.13. The van der Waals surface area contributed by atoms with Crippen LogP contribution in [0.3, 0.4) is 0 Å². The van der Waals surface area contributed by atoms with Gasteiger partial charge in [-0.1, -0.05) is 19.2 Å². The van der Waals surface area contributed by atoms with Gasteiger partial charge >= 0.3 is 0 Å². The van der Waals surface area contributed by atoms with Crippen LogP contribution in [0.25, 0.3) is 16.5 Å². The first-order valence-corrected chi connectivity index (χ1v) is 10.4. The molecule has 6 nitrogen and oxygen atoms in total. The number of amides is 1. The van der Waals surface area contributed by atoms with Crippen LogP contribution in [0.5, 0.6) is 0 Å². The average Bonchev–Trinajstić information content (AvgIpc) is 3.50. The van der Waals surface area contributed by atoms with Gasteiger partial charge in [-0.2, -0.15) is 0 Å². The maximum Gasteiger partial charge on any atom is 0.258 e. The Morgan fingerprint density at radius 1 is 1.44 bits per heavy atom. The lowest BCUT2D eigenvalue weighted by atomic mass is 9.97. The number of aliphatic hydroxyl groups is 1. The summed E-state index contributed by atoms with van der Waals surface area (Å²) < 4.78 is 26.9. The molecule has 2 aromatic rings. The zero-order valence-corrected chi connectivity index (χ0v) is 18.2. The molecule has 2 heterocycles. The van der Waals surface area contributed by atoms with Crippen LogP contribution in [0.1, 0.15) is 31.7 Å². The number of carbonyl (C=O) groups is 1. The van der Waals surface area contributed by atoms with Crippen molar-refractivity contribution in [2.24, 2.45) is 13.0 Å². The van der Waals surface area contributed by atoms with Crippen LogP contribution in [0.15, 0.2) is 53.5 Å². The number of alkyl halides is 2. The van der Waals surface area contributed by atoms with E-state index in [0.29, 0.717) is 33.2 Å². The van der Waals surface area contributed by atoms with Crippen molar-refractivity contribution >= 4 is 28.2 Å². The van der Waals surface area contributed by atoms with E-state index >= 15 is 0 Å². The number of aromatic nitrogens is 2. The number of pyridine rings is 2. The van der Waals surface area contributed by atoms with Gasteiger partial charge in [-0.05, 0) is 49.0 Å². The summed E-state index contributed by atoms with van der Waals surface area (Å²) in [5.41, 5.74) is 2.14. The third-order valence-corrected chi connectivity index (χ3v) is 5.65. The molecule has 0 aliphatic heterocycles. The summed E-state index contributed by atoms with van der Waals surface area (Å²) in [7, 11) is 1.60. The van der Waals surface area contributed by atoms with Gasteiger partial charge in [0.1, 0.15) is 12.0 Å². The highest BCUT2D eigenvalue weighted by Crippen LogP contribution is 2.34. The van der Waals surface area contributed by atoms with Crippen molar-refractivity contribution in [3.8, 4) is 0 Å². The van der Waals surface area contributed by atoms with Gasteiger partial charge in [-0.15, -0.1) is 0 Å². The molecule has 3 atom stereocenters. The Morgan fingerprint density at radius 2 is 2.12 bits per heavy atom. The van der Waals surface area contributed by atoms with Crippen molar-refractivity contribution in [2.45, 2.75) is 38.5 Å². The summed E-state index contributed by atoms with van der Waals surface area (Å²) in [6.07, 6.45) is 1.92. The Hall–Kier alpha value is -3.13. The molecule has 0 spiro atoms. The molecule has 0 saturated heterocycles. The lowest BCUT2D eigenvalue weighted by Gasteiger charge is -2.14. The zero-order chi connectivity index (χ0) is 23.6. The summed E-state index contributed by atoms with van der Waals surface area (Å²) in [6.45, 7) is 9.09.